The number of aliphatic hydroxyl groups is 1. The van der Waals surface area contributed by atoms with E-state index < -0.39 is 23.5 Å². The van der Waals surface area contributed by atoms with Crippen LogP contribution in [-0.2, 0) is 22.7 Å². The molecule has 0 radical (unpaired) electrons. The van der Waals surface area contributed by atoms with Gasteiger partial charge < -0.3 is 20.3 Å². The summed E-state index contributed by atoms with van der Waals surface area (Å²) in [4.78, 5) is 32.0. The Balaban J connectivity index is 2.48. The van der Waals surface area contributed by atoms with Crippen LogP contribution in [0.4, 0.5) is 5.69 Å². The topological polar surface area (TPSA) is 130 Å². The average Bonchev–Trinajstić information content (AvgIpc) is 2.62. The van der Waals surface area contributed by atoms with Crippen molar-refractivity contribution in [3.8, 4) is 0 Å². The van der Waals surface area contributed by atoms with Gasteiger partial charge in [0.15, 0.2) is 0 Å². The number of nitro groups is 1. The van der Waals surface area contributed by atoms with E-state index in [0.29, 0.717) is 18.4 Å². The number of aliphatic hydroxyl groups excluding tert-OH is 1. The van der Waals surface area contributed by atoms with Gasteiger partial charge >= 0.3 is 5.97 Å². The number of nitrogens with one attached hydrogen (secondary N) is 1. The first-order chi connectivity index (χ1) is 12.5. The third-order valence-corrected chi connectivity index (χ3v) is 4.18. The van der Waals surface area contributed by atoms with Crippen LogP contribution in [0.15, 0.2) is 18.2 Å². The molecule has 0 aromatic heterocycles. The van der Waals surface area contributed by atoms with Crippen LogP contribution in [0.1, 0.15) is 56.1 Å². The number of carbonyl (C=O) groups is 2. The van der Waals surface area contributed by atoms with Crippen molar-refractivity contribution in [3.05, 3.63) is 39.4 Å². The largest absolute Gasteiger partial charge is 0.480 e. The Morgan fingerprint density at radius 1 is 1.23 bits per heavy atom. The van der Waals surface area contributed by atoms with Crippen LogP contribution in [0, 0.1) is 10.1 Å². The Morgan fingerprint density at radius 3 is 2.54 bits per heavy atom. The molecule has 0 fully saturated rings. The van der Waals surface area contributed by atoms with Gasteiger partial charge in [0.25, 0.3) is 5.69 Å². The maximum Gasteiger partial charge on any atom is 0.320 e. The summed E-state index contributed by atoms with van der Waals surface area (Å²) in [5, 5.41) is 32.4. The molecule has 8 nitrogen and oxygen atoms in total. The van der Waals surface area contributed by atoms with Crippen molar-refractivity contribution in [2.24, 2.45) is 0 Å². The molecular weight excluding hydrogens is 340 g/mol. The van der Waals surface area contributed by atoms with Crippen LogP contribution in [0.5, 0.6) is 0 Å². The zero-order valence-electron chi connectivity index (χ0n) is 14.7. The second kappa shape index (κ2) is 12.1. The lowest BCUT2D eigenvalue weighted by Crippen LogP contribution is -2.36. The van der Waals surface area contributed by atoms with Crippen molar-refractivity contribution >= 4 is 17.9 Å². The molecule has 1 atom stereocenters. The van der Waals surface area contributed by atoms with Crippen LogP contribution in [-0.4, -0.2) is 33.4 Å². The normalized spacial score (nSPS) is 11.9. The highest BCUT2D eigenvalue weighted by atomic mass is 16.6. The SMILES string of the molecule is O=CCCCCCCCC(NCc1ccc(CO)c([N+](=O)[O-])c1)C(=O)O. The van der Waals surface area contributed by atoms with Crippen molar-refractivity contribution in [1.82, 2.24) is 5.32 Å². The molecule has 3 N–H and O–H groups in total. The maximum atomic E-state index is 11.4. The fraction of sp³-hybridized carbons (Fsp3) is 0.556. The number of hydrogen-bond acceptors (Lipinski definition) is 6. The van der Waals surface area contributed by atoms with Crippen molar-refractivity contribution in [2.75, 3.05) is 0 Å². The standard InChI is InChI=1S/C18H26N2O6/c21-10-6-4-2-1-3-5-7-16(18(23)24)19-12-14-8-9-15(13-22)17(11-14)20(25)26/h8-11,16,19,22H,1-7,12-13H2,(H,23,24). The van der Waals surface area contributed by atoms with E-state index in [9.17, 15) is 24.8 Å². The van der Waals surface area contributed by atoms with Crippen molar-refractivity contribution in [1.29, 1.82) is 0 Å². The predicted molar refractivity (Wildman–Crippen MR) is 95.7 cm³/mol. The van der Waals surface area contributed by atoms with Crippen molar-refractivity contribution in [3.63, 3.8) is 0 Å². The monoisotopic (exact) mass is 366 g/mol. The van der Waals surface area contributed by atoms with E-state index in [1.165, 1.54) is 12.1 Å². The van der Waals surface area contributed by atoms with Gasteiger partial charge in [-0.25, -0.2) is 0 Å². The summed E-state index contributed by atoms with van der Waals surface area (Å²) < 4.78 is 0. The van der Waals surface area contributed by atoms with Gasteiger partial charge in [-0.1, -0.05) is 31.7 Å². The second-order valence-electron chi connectivity index (χ2n) is 6.16. The summed E-state index contributed by atoms with van der Waals surface area (Å²) in [5.41, 5.74) is 0.645. The zero-order chi connectivity index (χ0) is 19.4. The molecule has 26 heavy (non-hydrogen) atoms. The number of rotatable bonds is 14. The fourth-order valence-corrected chi connectivity index (χ4v) is 2.68. The molecule has 0 amide bonds. The minimum absolute atomic E-state index is 0.172. The Morgan fingerprint density at radius 2 is 1.92 bits per heavy atom. The van der Waals surface area contributed by atoms with E-state index in [1.807, 2.05) is 0 Å². The Kier molecular flexibility index (Phi) is 10.1. The molecular formula is C18H26N2O6. The van der Waals surface area contributed by atoms with Crippen molar-refractivity contribution < 1.29 is 24.7 Å². The number of hydrogen-bond donors (Lipinski definition) is 3. The van der Waals surface area contributed by atoms with E-state index >= 15 is 0 Å². The number of aliphatic carboxylic acids is 1. The molecule has 0 aliphatic rings. The molecule has 1 aromatic carbocycles. The summed E-state index contributed by atoms with van der Waals surface area (Å²) in [7, 11) is 0. The lowest BCUT2D eigenvalue weighted by atomic mass is 10.0. The number of carbonyl (C=O) groups excluding carboxylic acids is 1. The van der Waals surface area contributed by atoms with Crippen LogP contribution in [0.3, 0.4) is 0 Å². The summed E-state index contributed by atoms with van der Waals surface area (Å²) >= 11 is 0. The molecule has 0 spiro atoms. The third-order valence-electron chi connectivity index (χ3n) is 4.18. The first-order valence-corrected chi connectivity index (χ1v) is 8.76. The van der Waals surface area contributed by atoms with E-state index in [1.54, 1.807) is 6.07 Å². The van der Waals surface area contributed by atoms with Gasteiger partial charge in [0.1, 0.15) is 12.3 Å². The lowest BCUT2D eigenvalue weighted by Gasteiger charge is -2.14. The first kappa shape index (κ1) is 21.7. The molecule has 1 aromatic rings. The number of benzene rings is 1. The van der Waals surface area contributed by atoms with Gasteiger partial charge in [-0.3, -0.25) is 14.9 Å². The number of nitro benzene ring substituents is 1. The zero-order valence-corrected chi connectivity index (χ0v) is 14.7. The molecule has 0 saturated heterocycles. The first-order valence-electron chi connectivity index (χ1n) is 8.76. The van der Waals surface area contributed by atoms with Gasteiger partial charge in [-0.15, -0.1) is 0 Å². The van der Waals surface area contributed by atoms with E-state index in [2.05, 4.69) is 5.32 Å². The molecule has 8 heteroatoms. The van der Waals surface area contributed by atoms with Crippen LogP contribution >= 0.6 is 0 Å². The molecule has 144 valence electrons. The summed E-state index contributed by atoms with van der Waals surface area (Å²) in [6, 6.07) is 3.74. The van der Waals surface area contributed by atoms with Crippen LogP contribution in [0.25, 0.3) is 0 Å². The van der Waals surface area contributed by atoms with Crippen LogP contribution in [0.2, 0.25) is 0 Å². The number of unbranched alkanes of at least 4 members (excludes halogenated alkanes) is 5. The number of aldehydes is 1. The molecule has 1 unspecified atom stereocenters. The van der Waals surface area contributed by atoms with E-state index in [0.717, 1.165) is 38.4 Å². The van der Waals surface area contributed by atoms with E-state index in [4.69, 9.17) is 5.11 Å². The highest BCUT2D eigenvalue weighted by Gasteiger charge is 2.18. The van der Waals surface area contributed by atoms with E-state index in [-0.39, 0.29) is 17.8 Å². The lowest BCUT2D eigenvalue weighted by molar-refractivity contribution is -0.385. The van der Waals surface area contributed by atoms with Gasteiger partial charge in [0.2, 0.25) is 0 Å². The van der Waals surface area contributed by atoms with Gasteiger partial charge in [0, 0.05) is 19.0 Å². The number of nitrogens with zero attached hydrogens (tertiary/aromatic N) is 1. The number of carboxylic acid groups (broad SMARTS) is 1. The van der Waals surface area contributed by atoms with Gasteiger partial charge in [-0.2, -0.15) is 0 Å². The van der Waals surface area contributed by atoms with Gasteiger partial charge in [-0.05, 0) is 24.5 Å². The fourth-order valence-electron chi connectivity index (χ4n) is 2.68. The second-order valence-corrected chi connectivity index (χ2v) is 6.16. The molecule has 0 bridgehead atoms. The Hall–Kier alpha value is -2.32. The minimum atomic E-state index is -0.951. The molecule has 0 heterocycles. The minimum Gasteiger partial charge on any atom is -0.480 e. The highest BCUT2D eigenvalue weighted by Crippen LogP contribution is 2.20. The summed E-state index contributed by atoms with van der Waals surface area (Å²) in [6.45, 7) is -0.225. The third kappa shape index (κ3) is 7.71. The molecule has 0 aliphatic carbocycles. The highest BCUT2D eigenvalue weighted by molar-refractivity contribution is 5.73. The summed E-state index contributed by atoms with van der Waals surface area (Å²) in [6.07, 6.45) is 6.41. The van der Waals surface area contributed by atoms with Crippen LogP contribution < -0.4 is 5.32 Å². The van der Waals surface area contributed by atoms with Gasteiger partial charge in [0.05, 0.1) is 17.1 Å². The smallest absolute Gasteiger partial charge is 0.320 e. The predicted octanol–water partition coefficient (Wildman–Crippen LogP) is 2.56. The Labute approximate surface area is 152 Å². The van der Waals surface area contributed by atoms with Crippen molar-refractivity contribution in [2.45, 2.75) is 64.1 Å². The molecule has 1 rings (SSSR count). The summed E-state index contributed by atoms with van der Waals surface area (Å²) in [5.74, 6) is -0.951. The molecule has 0 aliphatic heterocycles. The average molecular weight is 366 g/mol. The molecule has 0 saturated carbocycles. The number of carboxylic acids is 1. The maximum absolute atomic E-state index is 11.4. The Bertz CT molecular complexity index is 605. The quantitative estimate of drug-likeness (QED) is 0.200.